The summed E-state index contributed by atoms with van der Waals surface area (Å²) < 4.78 is 0.674. The van der Waals surface area contributed by atoms with Gasteiger partial charge in [0.25, 0.3) is 5.91 Å². The van der Waals surface area contributed by atoms with Crippen molar-refractivity contribution in [3.8, 4) is 0 Å². The van der Waals surface area contributed by atoms with Gasteiger partial charge in [0.2, 0.25) is 0 Å². The first-order valence-corrected chi connectivity index (χ1v) is 10.1. The van der Waals surface area contributed by atoms with Crippen LogP contribution in [-0.4, -0.2) is 47.5 Å². The molecule has 1 aromatic rings. The van der Waals surface area contributed by atoms with E-state index in [2.05, 4.69) is 36.3 Å². The Hall–Kier alpha value is -1.69. The van der Waals surface area contributed by atoms with E-state index in [4.69, 9.17) is 5.73 Å². The van der Waals surface area contributed by atoms with Gasteiger partial charge in [0.1, 0.15) is 6.33 Å². The number of nitrogens with zero attached hydrogens (tertiary/aromatic N) is 3. The molecule has 0 atom stereocenters. The van der Waals surface area contributed by atoms with Gasteiger partial charge in [0, 0.05) is 0 Å². The average Bonchev–Trinajstić information content (AvgIpc) is 2.58. The summed E-state index contributed by atoms with van der Waals surface area (Å²) in [6.07, 6.45) is 16.2. The maximum atomic E-state index is 12.2. The number of unbranched alkanes of at least 4 members (excludes halogenated alkanes) is 9. The number of anilines is 2. The largest absolute Gasteiger partial charge is 0.394 e. The minimum Gasteiger partial charge on any atom is -0.394 e. The van der Waals surface area contributed by atoms with Gasteiger partial charge in [0.15, 0.2) is 12.4 Å². The molecule has 0 aliphatic rings. The number of nitrogen functional groups attached to an aromatic ring is 1. The van der Waals surface area contributed by atoms with E-state index >= 15 is 0 Å². The first-order valence-electron chi connectivity index (χ1n) is 10.1. The maximum Gasteiger partial charge on any atom is 0.280 e. The summed E-state index contributed by atoms with van der Waals surface area (Å²) in [7, 11) is 4.19. The number of carbonyl (C=O) groups excluding carboxylic acids is 1. The van der Waals surface area contributed by atoms with Gasteiger partial charge in [-0.3, -0.25) is 4.79 Å². The lowest BCUT2D eigenvalue weighted by Crippen LogP contribution is -2.46. The molecule has 0 aromatic carbocycles. The van der Waals surface area contributed by atoms with Crippen LogP contribution in [0.4, 0.5) is 11.5 Å². The SMILES string of the molecule is CCCCCCCCCCCC[N+](C)(C)CC(=O)Nc1ncncc1N. The highest BCUT2D eigenvalue weighted by Crippen LogP contribution is 2.13. The summed E-state index contributed by atoms with van der Waals surface area (Å²) in [5.74, 6) is 0.330. The molecular formula is C20H38N5O+. The van der Waals surface area contributed by atoms with Gasteiger partial charge in [-0.1, -0.05) is 58.3 Å². The van der Waals surface area contributed by atoms with Crippen molar-refractivity contribution < 1.29 is 9.28 Å². The molecule has 148 valence electrons. The van der Waals surface area contributed by atoms with Gasteiger partial charge >= 0.3 is 0 Å². The summed E-state index contributed by atoms with van der Waals surface area (Å²) in [6.45, 7) is 3.68. The molecule has 0 bridgehead atoms. The fourth-order valence-electron chi connectivity index (χ4n) is 3.11. The molecule has 0 saturated carbocycles. The van der Waals surface area contributed by atoms with E-state index in [1.807, 2.05) is 0 Å². The Morgan fingerprint density at radius 2 is 1.62 bits per heavy atom. The van der Waals surface area contributed by atoms with Crippen molar-refractivity contribution in [2.75, 3.05) is 38.2 Å². The summed E-state index contributed by atoms with van der Waals surface area (Å²) in [5.41, 5.74) is 6.15. The topological polar surface area (TPSA) is 80.9 Å². The Morgan fingerprint density at radius 3 is 2.19 bits per heavy atom. The molecule has 0 radical (unpaired) electrons. The fraction of sp³-hybridized carbons (Fsp3) is 0.750. The van der Waals surface area contributed by atoms with Crippen LogP contribution in [0.25, 0.3) is 0 Å². The number of aromatic nitrogens is 2. The van der Waals surface area contributed by atoms with Gasteiger partial charge in [-0.05, 0) is 12.8 Å². The molecule has 1 amide bonds. The van der Waals surface area contributed by atoms with Crippen LogP contribution < -0.4 is 11.1 Å². The number of nitrogens with one attached hydrogen (secondary N) is 1. The number of likely N-dealkylation sites (N-methyl/N-ethyl adjacent to an activating group) is 1. The predicted molar refractivity (Wildman–Crippen MR) is 109 cm³/mol. The van der Waals surface area contributed by atoms with E-state index in [1.165, 1.54) is 70.3 Å². The predicted octanol–water partition coefficient (Wildman–Crippen LogP) is 3.99. The highest BCUT2D eigenvalue weighted by Gasteiger charge is 2.20. The Bertz CT molecular complexity index is 519. The lowest BCUT2D eigenvalue weighted by Gasteiger charge is -2.29. The molecule has 1 aromatic heterocycles. The van der Waals surface area contributed by atoms with Crippen LogP contribution in [0.15, 0.2) is 12.5 Å². The van der Waals surface area contributed by atoms with Crippen LogP contribution in [0.3, 0.4) is 0 Å². The Kier molecular flexibility index (Phi) is 10.9. The zero-order valence-corrected chi connectivity index (χ0v) is 17.0. The van der Waals surface area contributed by atoms with E-state index in [-0.39, 0.29) is 5.91 Å². The molecule has 1 rings (SSSR count). The van der Waals surface area contributed by atoms with Crippen molar-refractivity contribution in [1.82, 2.24) is 9.97 Å². The number of quaternary nitrogens is 1. The molecule has 6 heteroatoms. The Labute approximate surface area is 159 Å². The lowest BCUT2D eigenvalue weighted by atomic mass is 10.1. The maximum absolute atomic E-state index is 12.2. The van der Waals surface area contributed by atoms with Gasteiger partial charge in [0.05, 0.1) is 32.5 Å². The first-order chi connectivity index (χ1) is 12.4. The van der Waals surface area contributed by atoms with Crippen molar-refractivity contribution in [3.63, 3.8) is 0 Å². The number of hydrogen-bond acceptors (Lipinski definition) is 4. The second-order valence-electron chi connectivity index (χ2n) is 7.87. The standard InChI is InChI=1S/C20H37N5O/c1-4-5-6-7-8-9-10-11-12-13-14-25(2,3)16-19(26)24-20-18(21)15-22-17-23-20/h15,17H,4-14,16,21H2,1-3H3/p+1. The molecule has 0 unspecified atom stereocenters. The van der Waals surface area contributed by atoms with Crippen LogP contribution in [0.5, 0.6) is 0 Å². The highest BCUT2D eigenvalue weighted by atomic mass is 16.2. The molecule has 0 saturated heterocycles. The minimum atomic E-state index is -0.0625. The fourth-order valence-corrected chi connectivity index (χ4v) is 3.11. The molecule has 0 fully saturated rings. The normalized spacial score (nSPS) is 11.5. The van der Waals surface area contributed by atoms with Gasteiger partial charge in [-0.15, -0.1) is 0 Å². The van der Waals surface area contributed by atoms with Crippen LogP contribution in [0.1, 0.15) is 71.1 Å². The van der Waals surface area contributed by atoms with Crippen LogP contribution >= 0.6 is 0 Å². The smallest absolute Gasteiger partial charge is 0.280 e. The summed E-state index contributed by atoms with van der Waals surface area (Å²) in [4.78, 5) is 20.0. The van der Waals surface area contributed by atoms with Crippen molar-refractivity contribution in [3.05, 3.63) is 12.5 Å². The lowest BCUT2D eigenvalue weighted by molar-refractivity contribution is -0.882. The van der Waals surface area contributed by atoms with Gasteiger partial charge in [-0.25, -0.2) is 9.97 Å². The Balaban J connectivity index is 2.12. The van der Waals surface area contributed by atoms with E-state index in [0.717, 1.165) is 13.0 Å². The molecule has 0 aliphatic heterocycles. The number of amides is 1. The second-order valence-corrected chi connectivity index (χ2v) is 7.87. The van der Waals surface area contributed by atoms with E-state index in [1.54, 1.807) is 0 Å². The molecule has 3 N–H and O–H groups in total. The van der Waals surface area contributed by atoms with Crippen LogP contribution in [0.2, 0.25) is 0 Å². The van der Waals surface area contributed by atoms with Crippen molar-refractivity contribution in [2.24, 2.45) is 0 Å². The monoisotopic (exact) mass is 364 g/mol. The third-order valence-electron chi connectivity index (χ3n) is 4.69. The van der Waals surface area contributed by atoms with Crippen LogP contribution in [-0.2, 0) is 4.79 Å². The summed E-state index contributed by atoms with van der Waals surface area (Å²) in [5, 5.41) is 2.77. The second kappa shape index (κ2) is 12.6. The summed E-state index contributed by atoms with van der Waals surface area (Å²) in [6, 6.07) is 0. The van der Waals surface area contributed by atoms with Gasteiger partial charge in [-0.2, -0.15) is 0 Å². The average molecular weight is 365 g/mol. The first kappa shape index (κ1) is 22.4. The molecule has 0 spiro atoms. The molecule has 6 nitrogen and oxygen atoms in total. The molecule has 0 aliphatic carbocycles. The number of rotatable bonds is 14. The van der Waals surface area contributed by atoms with Crippen LogP contribution in [0, 0.1) is 0 Å². The zero-order valence-electron chi connectivity index (χ0n) is 17.0. The molecule has 1 heterocycles. The third-order valence-corrected chi connectivity index (χ3v) is 4.69. The minimum absolute atomic E-state index is 0.0625. The van der Waals surface area contributed by atoms with Gasteiger partial charge < -0.3 is 15.5 Å². The quantitative estimate of drug-likeness (QED) is 0.386. The Morgan fingerprint density at radius 1 is 1.04 bits per heavy atom. The summed E-state index contributed by atoms with van der Waals surface area (Å²) >= 11 is 0. The molecule has 26 heavy (non-hydrogen) atoms. The number of nitrogens with two attached hydrogens (primary N) is 1. The number of hydrogen-bond donors (Lipinski definition) is 2. The van der Waals surface area contributed by atoms with E-state index in [0.29, 0.717) is 22.5 Å². The van der Waals surface area contributed by atoms with Crippen molar-refractivity contribution in [2.45, 2.75) is 71.1 Å². The zero-order chi connectivity index (χ0) is 19.3. The van der Waals surface area contributed by atoms with Crippen molar-refractivity contribution >= 4 is 17.4 Å². The van der Waals surface area contributed by atoms with E-state index < -0.39 is 0 Å². The highest BCUT2D eigenvalue weighted by molar-refractivity contribution is 5.93. The van der Waals surface area contributed by atoms with Crippen molar-refractivity contribution in [1.29, 1.82) is 0 Å². The number of carbonyl (C=O) groups is 1. The van der Waals surface area contributed by atoms with E-state index in [9.17, 15) is 4.79 Å². The molecular weight excluding hydrogens is 326 g/mol. The third kappa shape index (κ3) is 10.3.